The molecule has 0 aliphatic heterocycles. The SMILES string of the molecule is [2H]c1c([2H])c([2H])c(-c2cc(-c3c([2H])c([2H])c([2H])c([2H])c3[2H])cc(-n3c4c([2H])c([2H])c([2H])c([2H])c4c4c([2H])c(-n5c6c([2H])c([2H])c([2H])c([2H])c6c6c([2H])c([2H])c([2H])c(-n7c8c([2H])c([2H])c([2H])c([2H])c8c8c([2H])c([2H])c([2H])c([2H])c87)c65)c([2H])c([2H])c43)c2)c([2H])c1[2H]. The Labute approximate surface area is 374 Å². The van der Waals surface area contributed by atoms with Crippen LogP contribution in [-0.2, 0) is 0 Å². The van der Waals surface area contributed by atoms with E-state index in [4.69, 9.17) is 27.4 Å². The monoisotopic (exact) mass is 757 g/mol. The Balaban J connectivity index is 1.36. The quantitative estimate of drug-likeness (QED) is 0.166. The van der Waals surface area contributed by atoms with Crippen molar-refractivity contribution in [3.63, 3.8) is 0 Å². The predicted molar refractivity (Wildman–Crippen MR) is 240 cm³/mol. The molecule has 9 aromatic carbocycles. The number of para-hydroxylation sites is 5. The van der Waals surface area contributed by atoms with E-state index in [0.717, 1.165) is 31.9 Å². The lowest BCUT2D eigenvalue weighted by atomic mass is 9.98. The summed E-state index contributed by atoms with van der Waals surface area (Å²) in [4.78, 5) is 0. The van der Waals surface area contributed by atoms with Gasteiger partial charge in [-0.25, -0.2) is 0 Å². The van der Waals surface area contributed by atoms with E-state index in [9.17, 15) is 16.4 Å². The summed E-state index contributed by atoms with van der Waals surface area (Å²) < 4.78 is 294. The number of benzene rings is 9. The van der Waals surface area contributed by atoms with Gasteiger partial charge in [-0.15, -0.1) is 0 Å². The van der Waals surface area contributed by atoms with Crippen LogP contribution in [0.1, 0.15) is 43.9 Å². The van der Waals surface area contributed by atoms with Gasteiger partial charge in [0.1, 0.15) is 0 Å². The van der Waals surface area contributed by atoms with Crippen molar-refractivity contribution in [2.24, 2.45) is 0 Å². The summed E-state index contributed by atoms with van der Waals surface area (Å²) in [6.07, 6.45) is 0. The van der Waals surface area contributed by atoms with Crippen LogP contribution in [0.4, 0.5) is 0 Å². The van der Waals surface area contributed by atoms with E-state index < -0.39 is 287 Å². The van der Waals surface area contributed by atoms with Crippen LogP contribution in [-0.4, -0.2) is 13.7 Å². The van der Waals surface area contributed by atoms with Crippen molar-refractivity contribution in [1.29, 1.82) is 0 Å². The zero-order valence-electron chi connectivity index (χ0n) is 60.6. The number of rotatable bonds is 5. The molecule has 0 spiro atoms. The van der Waals surface area contributed by atoms with E-state index in [1.54, 1.807) is 0 Å². The van der Waals surface area contributed by atoms with Gasteiger partial charge in [0.2, 0.25) is 0 Å². The zero-order valence-corrected chi connectivity index (χ0v) is 28.6. The molecule has 0 aliphatic rings. The Hall–Kier alpha value is -7.62. The summed E-state index contributed by atoms with van der Waals surface area (Å²) >= 11 is 0. The lowest BCUT2D eigenvalue weighted by Crippen LogP contribution is -2.01. The number of aromatic nitrogens is 3. The second-order valence-electron chi connectivity index (χ2n) is 12.6. The average molecular weight is 758 g/mol. The van der Waals surface area contributed by atoms with Gasteiger partial charge in [0.15, 0.2) is 0 Å². The molecule has 0 saturated heterocycles. The molecule has 12 aromatic rings. The van der Waals surface area contributed by atoms with Crippen molar-refractivity contribution in [3.8, 4) is 39.3 Å². The van der Waals surface area contributed by atoms with Gasteiger partial charge in [-0.2, -0.15) is 0 Å². The van der Waals surface area contributed by atoms with Crippen molar-refractivity contribution < 1.29 is 43.9 Å². The van der Waals surface area contributed by atoms with Crippen LogP contribution in [0.5, 0.6) is 0 Å². The van der Waals surface area contributed by atoms with E-state index in [0.29, 0.717) is 0 Å². The fourth-order valence-electron chi connectivity index (χ4n) is 7.28. The van der Waals surface area contributed by atoms with Crippen LogP contribution in [0, 0.1) is 0 Å². The molecule has 0 fully saturated rings. The van der Waals surface area contributed by atoms with Gasteiger partial charge < -0.3 is 13.7 Å². The molecule has 0 atom stereocenters. The van der Waals surface area contributed by atoms with E-state index in [1.807, 2.05) is 0 Å². The maximum Gasteiger partial charge on any atom is 0.0782 e. The number of hydrogen-bond donors (Lipinski definition) is 0. The zero-order chi connectivity index (χ0) is 65.3. The topological polar surface area (TPSA) is 14.8 Å². The maximum atomic E-state index is 10.4. The van der Waals surface area contributed by atoms with Crippen LogP contribution < -0.4 is 0 Å². The molecule has 3 heteroatoms. The number of nitrogens with zero attached hydrogens (tertiary/aromatic N) is 3. The summed E-state index contributed by atoms with van der Waals surface area (Å²) in [5, 5.41) is -3.61. The highest BCUT2D eigenvalue weighted by atomic mass is 15.1. The molecular weight excluding hydrogens is 691 g/mol. The average Bonchev–Trinajstić information content (AvgIpc) is 1.53. The standard InChI is InChI=1S/C54H35N3/c1-3-16-36(17-4-1)38-32-39(37-18-5-2-6-19-37)34-41(33-38)55-48-25-11-10-23-45(48)47-35-40(30-31-52(47)55)56-49-26-12-9-22-44(49)46-24-15-29-53(54(46)56)57-50-27-13-7-20-42(50)43-21-8-14-28-51(43)57/h1-35H/i1D,2D,3D,4D,5D,6D,7D,8D,9D,10D,11D,12D,13D,14D,15D,16D,17D,18D,19D,20D,21D,22D,23D,24D,25D,26D,27D,28D,29D,30D,31D,35D. The Morgan fingerprint density at radius 1 is 0.281 bits per heavy atom. The van der Waals surface area contributed by atoms with Crippen LogP contribution in [0.2, 0.25) is 0 Å². The molecule has 57 heavy (non-hydrogen) atoms. The first kappa shape index (κ1) is 13.5. The molecule has 0 unspecified atom stereocenters. The molecule has 0 saturated carbocycles. The van der Waals surface area contributed by atoms with Crippen molar-refractivity contribution in [1.82, 2.24) is 13.7 Å². The van der Waals surface area contributed by atoms with Crippen LogP contribution >= 0.6 is 0 Å². The summed E-state index contributed by atoms with van der Waals surface area (Å²) in [5.74, 6) is 0. The first-order valence-electron chi connectivity index (χ1n) is 33.0. The van der Waals surface area contributed by atoms with Gasteiger partial charge in [-0.05, 0) is 88.8 Å². The van der Waals surface area contributed by atoms with Gasteiger partial charge in [-0.3, -0.25) is 0 Å². The van der Waals surface area contributed by atoms with E-state index in [-0.39, 0.29) is 11.1 Å². The highest BCUT2D eigenvalue weighted by Gasteiger charge is 2.21. The molecule has 0 aliphatic carbocycles. The van der Waals surface area contributed by atoms with Gasteiger partial charge in [0.25, 0.3) is 0 Å². The van der Waals surface area contributed by atoms with Crippen LogP contribution in [0.3, 0.4) is 0 Å². The summed E-state index contributed by atoms with van der Waals surface area (Å²) in [5.41, 5.74) is -7.80. The second kappa shape index (κ2) is 12.5. The van der Waals surface area contributed by atoms with E-state index in [2.05, 4.69) is 0 Å². The highest BCUT2D eigenvalue weighted by Crippen LogP contribution is 2.42. The molecule has 3 aromatic heterocycles. The number of hydrogen-bond acceptors (Lipinski definition) is 0. The minimum atomic E-state index is -1.11. The van der Waals surface area contributed by atoms with Gasteiger partial charge in [0, 0.05) is 43.7 Å². The number of fused-ring (bicyclic) bond motifs is 9. The lowest BCUT2D eigenvalue weighted by Gasteiger charge is -2.15. The normalized spacial score (nSPS) is 19.7. The van der Waals surface area contributed by atoms with Gasteiger partial charge in [-0.1, -0.05) is 145 Å². The summed E-state index contributed by atoms with van der Waals surface area (Å²) in [6.45, 7) is 0. The summed E-state index contributed by atoms with van der Waals surface area (Å²) in [6, 6.07) is -25.5. The smallest absolute Gasteiger partial charge is 0.0782 e. The Bertz CT molecular complexity index is 5180. The van der Waals surface area contributed by atoms with Crippen LogP contribution in [0.25, 0.3) is 105 Å². The molecule has 3 heterocycles. The minimum absolute atomic E-state index is 0.324. The Morgan fingerprint density at radius 2 is 0.719 bits per heavy atom. The van der Waals surface area contributed by atoms with Crippen molar-refractivity contribution in [2.75, 3.05) is 0 Å². The summed E-state index contributed by atoms with van der Waals surface area (Å²) in [7, 11) is 0. The Morgan fingerprint density at radius 3 is 1.30 bits per heavy atom. The molecule has 0 N–H and O–H groups in total. The molecular formula is C54H35N3. The third kappa shape index (κ3) is 4.79. The second-order valence-corrected chi connectivity index (χ2v) is 12.6. The van der Waals surface area contributed by atoms with Crippen molar-refractivity contribution in [3.05, 3.63) is 212 Å². The molecule has 0 bridgehead atoms. The highest BCUT2D eigenvalue weighted by molar-refractivity contribution is 6.16. The predicted octanol–water partition coefficient (Wildman–Crippen LogP) is 14.3. The molecule has 12 rings (SSSR count). The fourth-order valence-corrected chi connectivity index (χ4v) is 7.28. The largest absolute Gasteiger partial charge is 0.309 e. The van der Waals surface area contributed by atoms with Crippen LogP contribution in [0.15, 0.2) is 212 Å². The van der Waals surface area contributed by atoms with Gasteiger partial charge in [0.05, 0.1) is 82.7 Å². The molecule has 3 nitrogen and oxygen atoms in total. The fraction of sp³-hybridized carbons (Fsp3) is 0. The Kier molecular flexibility index (Phi) is 2.96. The van der Waals surface area contributed by atoms with Crippen molar-refractivity contribution >= 4 is 65.4 Å². The lowest BCUT2D eigenvalue weighted by molar-refractivity contribution is 1.13. The minimum Gasteiger partial charge on any atom is -0.309 e. The molecule has 0 amide bonds. The maximum absolute atomic E-state index is 10.4. The van der Waals surface area contributed by atoms with Gasteiger partial charge >= 0.3 is 0 Å². The first-order chi connectivity index (χ1) is 41.6. The third-order valence-electron chi connectivity index (χ3n) is 9.57. The molecule has 0 radical (unpaired) electrons. The van der Waals surface area contributed by atoms with E-state index in [1.165, 1.54) is 0 Å². The third-order valence-corrected chi connectivity index (χ3v) is 9.57. The van der Waals surface area contributed by atoms with Crippen molar-refractivity contribution in [2.45, 2.75) is 0 Å². The first-order valence-corrected chi connectivity index (χ1v) is 17.0. The van der Waals surface area contributed by atoms with E-state index >= 15 is 0 Å². The molecule has 266 valence electrons.